The van der Waals surface area contributed by atoms with Gasteiger partial charge in [0.2, 0.25) is 0 Å². The van der Waals surface area contributed by atoms with E-state index < -0.39 is 0 Å². The number of thioether (sulfide) groups is 1. The standard InChI is InChI=1S/C18H21FN2OS/c1-11(22)16-10-23-17-14(8-18(2,3)9-15(17)21-16)20-13-6-4-12(19)5-7-13/h4-7,16,21H,8-10H2,1-3H3/b20-14+. The number of Topliss-reactive ketones (excluding diaryl/α,β-unsaturated/α-hetero) is 1. The van der Waals surface area contributed by atoms with Crippen LogP contribution in [0.15, 0.2) is 39.9 Å². The van der Waals surface area contributed by atoms with Crippen LogP contribution in [0.5, 0.6) is 0 Å². The number of benzene rings is 1. The number of carbonyl (C=O) groups excluding carboxylic acids is 1. The van der Waals surface area contributed by atoms with Gasteiger partial charge < -0.3 is 5.32 Å². The molecule has 0 fully saturated rings. The third-order valence-electron chi connectivity index (χ3n) is 4.16. The number of carbonyl (C=O) groups is 1. The molecule has 1 atom stereocenters. The lowest BCUT2D eigenvalue weighted by Gasteiger charge is -2.38. The van der Waals surface area contributed by atoms with E-state index in [1.54, 1.807) is 30.8 Å². The normalized spacial score (nSPS) is 25.0. The molecule has 5 heteroatoms. The average molecular weight is 332 g/mol. The zero-order chi connectivity index (χ0) is 16.6. The van der Waals surface area contributed by atoms with Gasteiger partial charge in [-0.3, -0.25) is 9.79 Å². The number of allylic oxidation sites excluding steroid dienone is 2. The summed E-state index contributed by atoms with van der Waals surface area (Å²) in [6.07, 6.45) is 1.80. The Morgan fingerprint density at radius 3 is 2.65 bits per heavy atom. The molecule has 2 aliphatic rings. The summed E-state index contributed by atoms with van der Waals surface area (Å²) >= 11 is 1.71. The largest absolute Gasteiger partial charge is 0.377 e. The van der Waals surface area contributed by atoms with Crippen molar-refractivity contribution in [3.63, 3.8) is 0 Å². The van der Waals surface area contributed by atoms with Gasteiger partial charge in [-0.1, -0.05) is 13.8 Å². The zero-order valence-electron chi connectivity index (χ0n) is 13.6. The van der Waals surface area contributed by atoms with Crippen molar-refractivity contribution in [2.45, 2.75) is 39.7 Å². The van der Waals surface area contributed by atoms with E-state index in [1.807, 2.05) is 0 Å². The molecule has 1 aromatic rings. The number of hydrogen-bond acceptors (Lipinski definition) is 4. The SMILES string of the molecule is CC(=O)C1CSC2=C(CC(C)(C)C/C2=N\c2ccc(F)cc2)N1. The predicted octanol–water partition coefficient (Wildman–Crippen LogP) is 4.22. The lowest BCUT2D eigenvalue weighted by molar-refractivity contribution is -0.118. The smallest absolute Gasteiger partial charge is 0.152 e. The molecule has 23 heavy (non-hydrogen) atoms. The molecule has 0 spiro atoms. The number of halogens is 1. The van der Waals surface area contributed by atoms with Gasteiger partial charge in [-0.15, -0.1) is 11.8 Å². The van der Waals surface area contributed by atoms with Crippen molar-refractivity contribution in [1.29, 1.82) is 0 Å². The van der Waals surface area contributed by atoms with Crippen molar-refractivity contribution >= 4 is 28.9 Å². The summed E-state index contributed by atoms with van der Waals surface area (Å²) in [4.78, 5) is 17.6. The third-order valence-corrected chi connectivity index (χ3v) is 5.43. The lowest BCUT2D eigenvalue weighted by atomic mass is 9.78. The Hall–Kier alpha value is -1.62. The summed E-state index contributed by atoms with van der Waals surface area (Å²) in [5.74, 6) is 0.650. The number of ketones is 1. The Morgan fingerprint density at radius 1 is 1.30 bits per heavy atom. The molecule has 0 saturated heterocycles. The van der Waals surface area contributed by atoms with Gasteiger partial charge >= 0.3 is 0 Å². The first-order chi connectivity index (χ1) is 10.8. The Bertz CT molecular complexity index is 691. The van der Waals surface area contributed by atoms with Crippen LogP contribution in [0, 0.1) is 11.2 Å². The van der Waals surface area contributed by atoms with Crippen molar-refractivity contribution in [3.8, 4) is 0 Å². The van der Waals surface area contributed by atoms with Gasteiger partial charge in [0.25, 0.3) is 0 Å². The van der Waals surface area contributed by atoms with Crippen molar-refractivity contribution in [1.82, 2.24) is 5.32 Å². The molecule has 0 amide bonds. The molecule has 3 nitrogen and oxygen atoms in total. The molecule has 0 saturated carbocycles. The first kappa shape index (κ1) is 16.2. The maximum Gasteiger partial charge on any atom is 0.152 e. The summed E-state index contributed by atoms with van der Waals surface area (Å²) < 4.78 is 13.1. The molecule has 0 aromatic heterocycles. The Morgan fingerprint density at radius 2 is 2.00 bits per heavy atom. The van der Waals surface area contributed by atoms with Crippen LogP contribution in [0.1, 0.15) is 33.6 Å². The molecule has 1 unspecified atom stereocenters. The van der Waals surface area contributed by atoms with Crippen LogP contribution in [-0.4, -0.2) is 23.3 Å². The first-order valence-electron chi connectivity index (χ1n) is 7.80. The van der Waals surface area contributed by atoms with Gasteiger partial charge in [0, 0.05) is 16.4 Å². The van der Waals surface area contributed by atoms with E-state index in [-0.39, 0.29) is 23.1 Å². The highest BCUT2D eigenvalue weighted by atomic mass is 32.2. The summed E-state index contributed by atoms with van der Waals surface area (Å²) in [7, 11) is 0. The second kappa shape index (κ2) is 6.11. The Kier molecular flexibility index (Phi) is 4.32. The second-order valence-electron chi connectivity index (χ2n) is 6.98. The van der Waals surface area contributed by atoms with Crippen LogP contribution in [0.2, 0.25) is 0 Å². The maximum absolute atomic E-state index is 13.1. The lowest BCUT2D eigenvalue weighted by Crippen LogP contribution is -2.44. The van der Waals surface area contributed by atoms with Crippen LogP contribution in [0.25, 0.3) is 0 Å². The highest BCUT2D eigenvalue weighted by Gasteiger charge is 2.36. The molecule has 0 bridgehead atoms. The van der Waals surface area contributed by atoms with Gasteiger partial charge in [0.05, 0.1) is 17.4 Å². The minimum Gasteiger partial charge on any atom is -0.377 e. The van der Waals surface area contributed by atoms with Crippen molar-refractivity contribution in [2.24, 2.45) is 10.4 Å². The molecular formula is C18H21FN2OS. The Labute approximate surface area is 140 Å². The summed E-state index contributed by atoms with van der Waals surface area (Å²) in [6.45, 7) is 6.05. The molecule has 1 N–H and O–H groups in total. The van der Waals surface area contributed by atoms with Crippen LogP contribution in [0.4, 0.5) is 10.1 Å². The number of nitrogens with zero attached hydrogens (tertiary/aromatic N) is 1. The van der Waals surface area contributed by atoms with Crippen LogP contribution >= 0.6 is 11.8 Å². The van der Waals surface area contributed by atoms with Crippen molar-refractivity contribution in [2.75, 3.05) is 5.75 Å². The predicted molar refractivity (Wildman–Crippen MR) is 93.6 cm³/mol. The second-order valence-corrected chi connectivity index (χ2v) is 8.01. The average Bonchev–Trinajstić information content (AvgIpc) is 2.47. The van der Waals surface area contributed by atoms with Crippen LogP contribution < -0.4 is 5.32 Å². The van der Waals surface area contributed by atoms with Gasteiger partial charge in [0.1, 0.15) is 5.82 Å². The van der Waals surface area contributed by atoms with Crippen LogP contribution in [-0.2, 0) is 4.79 Å². The van der Waals surface area contributed by atoms with Crippen molar-refractivity contribution < 1.29 is 9.18 Å². The van der Waals surface area contributed by atoms with E-state index in [1.165, 1.54) is 12.1 Å². The fraction of sp³-hybridized carbons (Fsp3) is 0.444. The number of rotatable bonds is 2. The highest BCUT2D eigenvalue weighted by molar-refractivity contribution is 8.04. The minimum atomic E-state index is -0.254. The van der Waals surface area contributed by atoms with Gasteiger partial charge in [-0.05, 0) is 49.4 Å². The molecule has 0 radical (unpaired) electrons. The molecule has 122 valence electrons. The number of hydrogen-bond donors (Lipinski definition) is 1. The Balaban J connectivity index is 1.97. The van der Waals surface area contributed by atoms with E-state index in [4.69, 9.17) is 4.99 Å². The molecular weight excluding hydrogens is 311 g/mol. The number of aliphatic imine (C=N–C) groups is 1. The highest BCUT2D eigenvalue weighted by Crippen LogP contribution is 2.43. The fourth-order valence-electron chi connectivity index (χ4n) is 3.02. The van der Waals surface area contributed by atoms with E-state index >= 15 is 0 Å². The topological polar surface area (TPSA) is 41.5 Å². The maximum atomic E-state index is 13.1. The van der Waals surface area contributed by atoms with Crippen LogP contribution in [0.3, 0.4) is 0 Å². The molecule has 3 rings (SSSR count). The minimum absolute atomic E-state index is 0.0872. The van der Waals surface area contributed by atoms with Crippen molar-refractivity contribution in [3.05, 3.63) is 40.7 Å². The number of nitrogens with one attached hydrogen (secondary N) is 1. The summed E-state index contributed by atoms with van der Waals surface area (Å²) in [6, 6.07) is 6.15. The first-order valence-corrected chi connectivity index (χ1v) is 8.79. The van der Waals surface area contributed by atoms with E-state index in [2.05, 4.69) is 19.2 Å². The van der Waals surface area contributed by atoms with E-state index in [0.717, 1.165) is 40.6 Å². The quantitative estimate of drug-likeness (QED) is 0.881. The van der Waals surface area contributed by atoms with Gasteiger partial charge in [0.15, 0.2) is 5.78 Å². The third kappa shape index (κ3) is 3.66. The monoisotopic (exact) mass is 332 g/mol. The van der Waals surface area contributed by atoms with E-state index in [0.29, 0.717) is 0 Å². The van der Waals surface area contributed by atoms with E-state index in [9.17, 15) is 9.18 Å². The molecule has 1 aliphatic carbocycles. The van der Waals surface area contributed by atoms with Gasteiger partial charge in [-0.2, -0.15) is 0 Å². The molecule has 1 heterocycles. The fourth-order valence-corrected chi connectivity index (χ4v) is 4.26. The van der Waals surface area contributed by atoms with Gasteiger partial charge in [-0.25, -0.2) is 4.39 Å². The summed E-state index contributed by atoms with van der Waals surface area (Å²) in [5, 5.41) is 3.40. The summed E-state index contributed by atoms with van der Waals surface area (Å²) in [5.41, 5.74) is 3.00. The zero-order valence-corrected chi connectivity index (χ0v) is 14.5. The molecule has 1 aliphatic heterocycles. The molecule has 1 aromatic carbocycles.